The van der Waals surface area contributed by atoms with Crippen molar-refractivity contribution in [1.29, 1.82) is 0 Å². The van der Waals surface area contributed by atoms with Crippen molar-refractivity contribution in [3.05, 3.63) is 29.3 Å². The van der Waals surface area contributed by atoms with Gasteiger partial charge in [0.25, 0.3) is 0 Å². The van der Waals surface area contributed by atoms with E-state index in [1.165, 1.54) is 4.31 Å². The second kappa shape index (κ2) is 5.75. The summed E-state index contributed by atoms with van der Waals surface area (Å²) in [6.45, 7) is 2.29. The van der Waals surface area contributed by atoms with Gasteiger partial charge in [-0.15, -0.1) is 0 Å². The number of amides is 1. The quantitative estimate of drug-likeness (QED) is 0.796. The number of fused-ring (bicyclic) bond motifs is 1. The third kappa shape index (κ3) is 2.81. The first-order chi connectivity index (χ1) is 10.1. The van der Waals surface area contributed by atoms with E-state index in [9.17, 15) is 13.2 Å². The molecule has 6 nitrogen and oxygen atoms in total. The molecule has 0 saturated carbocycles. The van der Waals surface area contributed by atoms with Crippen LogP contribution in [0.3, 0.4) is 0 Å². The van der Waals surface area contributed by atoms with Gasteiger partial charge in [-0.25, -0.2) is 8.42 Å². The number of nitrogens with zero attached hydrogens (tertiary/aromatic N) is 1. The number of hydrogen-bond donors (Lipinski definition) is 2. The first-order valence-corrected chi connectivity index (χ1v) is 8.61. The summed E-state index contributed by atoms with van der Waals surface area (Å²) in [6, 6.07) is 5.38. The molecule has 0 unspecified atom stereocenters. The van der Waals surface area contributed by atoms with Crippen LogP contribution in [0.25, 0.3) is 0 Å². The average Bonchev–Trinajstić information content (AvgIpc) is 2.71. The smallest absolute Gasteiger partial charge is 0.243 e. The molecule has 1 fully saturated rings. The Morgan fingerprint density at radius 2 is 2.05 bits per heavy atom. The first-order valence-electron chi connectivity index (χ1n) is 7.17. The van der Waals surface area contributed by atoms with Crippen molar-refractivity contribution in [3.63, 3.8) is 0 Å². The fourth-order valence-corrected chi connectivity index (χ4v) is 4.59. The molecule has 0 aromatic heterocycles. The van der Waals surface area contributed by atoms with E-state index >= 15 is 0 Å². The molecular formula is C14H19N3O3S. The van der Waals surface area contributed by atoms with Crippen LogP contribution in [0, 0.1) is 0 Å². The summed E-state index contributed by atoms with van der Waals surface area (Å²) >= 11 is 0. The second-order valence-electron chi connectivity index (χ2n) is 5.36. The van der Waals surface area contributed by atoms with Gasteiger partial charge in [0.15, 0.2) is 0 Å². The third-order valence-electron chi connectivity index (χ3n) is 3.94. The van der Waals surface area contributed by atoms with Gasteiger partial charge in [-0.1, -0.05) is 12.1 Å². The molecule has 1 aromatic rings. The molecular weight excluding hydrogens is 290 g/mol. The Hall–Kier alpha value is -1.44. The lowest BCUT2D eigenvalue weighted by Crippen LogP contribution is -2.38. The van der Waals surface area contributed by atoms with Gasteiger partial charge in [0.05, 0.1) is 11.4 Å². The standard InChI is InChI=1S/C14H19N3O3S/c18-14-10-17(8-2-6-16-14)21(19,20)13-4-1-3-11-9-15-7-5-12(11)13/h1,3-4,15H,2,5-10H2,(H,16,18). The van der Waals surface area contributed by atoms with E-state index in [4.69, 9.17) is 0 Å². The zero-order chi connectivity index (χ0) is 14.9. The van der Waals surface area contributed by atoms with Gasteiger partial charge in [0.2, 0.25) is 15.9 Å². The number of rotatable bonds is 2. The molecule has 2 heterocycles. The zero-order valence-electron chi connectivity index (χ0n) is 11.8. The van der Waals surface area contributed by atoms with Gasteiger partial charge >= 0.3 is 0 Å². The van der Waals surface area contributed by atoms with Gasteiger partial charge < -0.3 is 10.6 Å². The molecule has 1 aromatic carbocycles. The van der Waals surface area contributed by atoms with Crippen LogP contribution < -0.4 is 10.6 Å². The molecule has 1 amide bonds. The molecule has 0 bridgehead atoms. The largest absolute Gasteiger partial charge is 0.355 e. The van der Waals surface area contributed by atoms with Crippen LogP contribution in [0.15, 0.2) is 23.1 Å². The lowest BCUT2D eigenvalue weighted by molar-refractivity contribution is -0.120. The average molecular weight is 309 g/mol. The van der Waals surface area contributed by atoms with Crippen LogP contribution in [0.2, 0.25) is 0 Å². The Balaban J connectivity index is 2.00. The number of hydrogen-bond acceptors (Lipinski definition) is 4. The van der Waals surface area contributed by atoms with Crippen LogP contribution in [-0.4, -0.2) is 44.8 Å². The number of carbonyl (C=O) groups is 1. The molecule has 2 aliphatic rings. The van der Waals surface area contributed by atoms with E-state index in [-0.39, 0.29) is 12.5 Å². The third-order valence-corrected chi connectivity index (χ3v) is 5.87. The highest BCUT2D eigenvalue weighted by Crippen LogP contribution is 2.26. The summed E-state index contributed by atoms with van der Waals surface area (Å²) in [5, 5.41) is 5.95. The van der Waals surface area contributed by atoms with E-state index in [2.05, 4.69) is 10.6 Å². The summed E-state index contributed by atoms with van der Waals surface area (Å²) in [7, 11) is -3.62. The van der Waals surface area contributed by atoms with Gasteiger partial charge in [-0.05, 0) is 36.6 Å². The number of sulfonamides is 1. The Labute approximate surface area is 124 Å². The summed E-state index contributed by atoms with van der Waals surface area (Å²) in [4.78, 5) is 12.0. The van der Waals surface area contributed by atoms with Crippen LogP contribution in [0.4, 0.5) is 0 Å². The maximum absolute atomic E-state index is 12.9. The molecule has 1 saturated heterocycles. The summed E-state index contributed by atoms with van der Waals surface area (Å²) in [5.74, 6) is -0.234. The Kier molecular flexibility index (Phi) is 3.97. The number of carbonyl (C=O) groups excluding carboxylic acids is 1. The van der Waals surface area contributed by atoms with Gasteiger partial charge in [0, 0.05) is 19.6 Å². The monoisotopic (exact) mass is 309 g/mol. The lowest BCUT2D eigenvalue weighted by atomic mass is 10.0. The molecule has 0 aliphatic carbocycles. The van der Waals surface area contributed by atoms with Crippen molar-refractivity contribution in [2.75, 3.05) is 26.2 Å². The predicted molar refractivity (Wildman–Crippen MR) is 78.2 cm³/mol. The first kappa shape index (κ1) is 14.5. The van der Waals surface area contributed by atoms with Crippen molar-refractivity contribution < 1.29 is 13.2 Å². The van der Waals surface area contributed by atoms with E-state index in [1.54, 1.807) is 12.1 Å². The second-order valence-corrected chi connectivity index (χ2v) is 7.27. The Morgan fingerprint density at radius 3 is 2.90 bits per heavy atom. The van der Waals surface area contributed by atoms with E-state index in [0.717, 1.165) is 17.7 Å². The van der Waals surface area contributed by atoms with Gasteiger partial charge in [-0.3, -0.25) is 4.79 Å². The van der Waals surface area contributed by atoms with Crippen molar-refractivity contribution in [3.8, 4) is 0 Å². The predicted octanol–water partition coefficient (Wildman–Crippen LogP) is -0.157. The van der Waals surface area contributed by atoms with Crippen LogP contribution in [0.1, 0.15) is 17.5 Å². The molecule has 114 valence electrons. The van der Waals surface area contributed by atoms with Crippen molar-refractivity contribution in [1.82, 2.24) is 14.9 Å². The van der Waals surface area contributed by atoms with Crippen LogP contribution in [-0.2, 0) is 27.8 Å². The number of nitrogens with one attached hydrogen (secondary N) is 2. The summed E-state index contributed by atoms with van der Waals surface area (Å²) in [5.41, 5.74) is 1.92. The topological polar surface area (TPSA) is 78.5 Å². The zero-order valence-corrected chi connectivity index (χ0v) is 12.6. The minimum absolute atomic E-state index is 0.0930. The van der Waals surface area contributed by atoms with E-state index < -0.39 is 10.0 Å². The fraction of sp³-hybridized carbons (Fsp3) is 0.500. The van der Waals surface area contributed by atoms with E-state index in [1.807, 2.05) is 6.07 Å². The minimum Gasteiger partial charge on any atom is -0.355 e. The lowest BCUT2D eigenvalue weighted by Gasteiger charge is -2.24. The summed E-state index contributed by atoms with van der Waals surface area (Å²) in [6.07, 6.45) is 1.34. The van der Waals surface area contributed by atoms with Crippen LogP contribution >= 0.6 is 0 Å². The molecule has 0 radical (unpaired) electrons. The van der Waals surface area contributed by atoms with Crippen molar-refractivity contribution >= 4 is 15.9 Å². The normalized spacial score (nSPS) is 20.5. The maximum Gasteiger partial charge on any atom is 0.243 e. The highest BCUT2D eigenvalue weighted by molar-refractivity contribution is 7.89. The van der Waals surface area contributed by atoms with Gasteiger partial charge in [0.1, 0.15) is 0 Å². The molecule has 2 N–H and O–H groups in total. The summed E-state index contributed by atoms with van der Waals surface area (Å²) < 4.78 is 27.1. The highest BCUT2D eigenvalue weighted by atomic mass is 32.2. The van der Waals surface area contributed by atoms with Crippen LogP contribution in [0.5, 0.6) is 0 Å². The Bertz CT molecular complexity index is 657. The molecule has 21 heavy (non-hydrogen) atoms. The number of benzene rings is 1. The maximum atomic E-state index is 12.9. The van der Waals surface area contributed by atoms with Crippen molar-refractivity contribution in [2.45, 2.75) is 24.3 Å². The van der Waals surface area contributed by atoms with Crippen molar-refractivity contribution in [2.24, 2.45) is 0 Å². The molecule has 0 atom stereocenters. The van der Waals surface area contributed by atoms with E-state index in [0.29, 0.717) is 37.4 Å². The minimum atomic E-state index is -3.62. The SMILES string of the molecule is O=C1CN(S(=O)(=O)c2cccc3c2CCNC3)CCCN1. The molecule has 3 rings (SSSR count). The Morgan fingerprint density at radius 1 is 1.19 bits per heavy atom. The highest BCUT2D eigenvalue weighted by Gasteiger charge is 2.30. The molecule has 0 spiro atoms. The molecule has 7 heteroatoms. The van der Waals surface area contributed by atoms with Gasteiger partial charge in [-0.2, -0.15) is 4.31 Å². The fourth-order valence-electron chi connectivity index (χ4n) is 2.86. The molecule has 2 aliphatic heterocycles.